The number of aromatic nitrogens is 3. The van der Waals surface area contributed by atoms with Crippen LogP contribution in [0.15, 0.2) is 36.8 Å². The Kier molecular flexibility index (Phi) is 5.38. The summed E-state index contributed by atoms with van der Waals surface area (Å²) in [6.45, 7) is 7.29. The van der Waals surface area contributed by atoms with Gasteiger partial charge in [-0.05, 0) is 45.4 Å². The number of benzene rings is 1. The number of hydrogen-bond acceptors (Lipinski definition) is 6. The number of ether oxygens (including phenoxy) is 2. The molecule has 0 amide bonds. The van der Waals surface area contributed by atoms with E-state index >= 15 is 0 Å². The molecule has 0 aliphatic heterocycles. The number of carbonyl (C=O) groups is 1. The molecule has 3 aromatic rings. The molecule has 0 spiro atoms. The standard InChI is InChI=1S/C21H25N3O4/c1-13(25)17-11-24(12-19(26)28-21(2,3)4)18-7-6-14(8-16(17)18)15-9-22-20(27-5)23-10-15/h6-11,13,25H,12H2,1-5H3. The first-order valence-electron chi connectivity index (χ1n) is 9.07. The lowest BCUT2D eigenvalue weighted by atomic mass is 10.0. The van der Waals surface area contributed by atoms with E-state index in [1.54, 1.807) is 30.1 Å². The van der Waals surface area contributed by atoms with Gasteiger partial charge in [0.25, 0.3) is 0 Å². The average molecular weight is 383 g/mol. The quantitative estimate of drug-likeness (QED) is 0.679. The predicted octanol–water partition coefficient (Wildman–Crippen LogP) is 3.50. The van der Waals surface area contributed by atoms with E-state index in [0.717, 1.165) is 27.6 Å². The molecule has 7 heteroatoms. The lowest BCUT2D eigenvalue weighted by molar-refractivity contribution is -0.155. The van der Waals surface area contributed by atoms with Gasteiger partial charge in [-0.15, -0.1) is 0 Å². The third-order valence-electron chi connectivity index (χ3n) is 4.23. The van der Waals surface area contributed by atoms with Crippen LogP contribution in [0.25, 0.3) is 22.0 Å². The van der Waals surface area contributed by atoms with Crippen LogP contribution in [-0.4, -0.2) is 38.3 Å². The van der Waals surface area contributed by atoms with Crippen LogP contribution in [0.4, 0.5) is 0 Å². The van der Waals surface area contributed by atoms with Gasteiger partial charge in [-0.1, -0.05) is 6.07 Å². The molecule has 1 aromatic carbocycles. The van der Waals surface area contributed by atoms with Gasteiger partial charge < -0.3 is 19.1 Å². The maximum Gasteiger partial charge on any atom is 0.326 e. The summed E-state index contributed by atoms with van der Waals surface area (Å²) in [6, 6.07) is 6.13. The number of rotatable bonds is 5. The van der Waals surface area contributed by atoms with E-state index in [0.29, 0.717) is 6.01 Å². The molecule has 0 aliphatic carbocycles. The number of carbonyl (C=O) groups excluding carboxylic acids is 1. The highest BCUT2D eigenvalue weighted by Gasteiger charge is 2.19. The molecular weight excluding hydrogens is 358 g/mol. The lowest BCUT2D eigenvalue weighted by Gasteiger charge is -2.19. The molecule has 0 radical (unpaired) electrons. The molecule has 148 valence electrons. The average Bonchev–Trinajstić information content (AvgIpc) is 2.98. The number of nitrogens with zero attached hydrogens (tertiary/aromatic N) is 3. The molecule has 3 rings (SSSR count). The van der Waals surface area contributed by atoms with Crippen LogP contribution in [0.5, 0.6) is 6.01 Å². The van der Waals surface area contributed by atoms with Crippen molar-refractivity contribution >= 4 is 16.9 Å². The highest BCUT2D eigenvalue weighted by molar-refractivity contribution is 5.89. The Bertz CT molecular complexity index is 985. The second-order valence-electron chi connectivity index (χ2n) is 7.67. The fourth-order valence-electron chi connectivity index (χ4n) is 3.05. The van der Waals surface area contributed by atoms with E-state index in [1.165, 1.54) is 7.11 Å². The van der Waals surface area contributed by atoms with Gasteiger partial charge in [0.05, 0.1) is 13.2 Å². The number of aliphatic hydroxyl groups excluding tert-OH is 1. The van der Waals surface area contributed by atoms with Crippen molar-refractivity contribution in [1.82, 2.24) is 14.5 Å². The Morgan fingerprint density at radius 3 is 2.46 bits per heavy atom. The van der Waals surface area contributed by atoms with Crippen molar-refractivity contribution in [3.8, 4) is 17.1 Å². The number of fused-ring (bicyclic) bond motifs is 1. The van der Waals surface area contributed by atoms with Crippen LogP contribution in [0.2, 0.25) is 0 Å². The fourth-order valence-corrected chi connectivity index (χ4v) is 3.05. The van der Waals surface area contributed by atoms with Gasteiger partial charge in [0.1, 0.15) is 12.1 Å². The van der Waals surface area contributed by atoms with E-state index in [2.05, 4.69) is 9.97 Å². The smallest absolute Gasteiger partial charge is 0.326 e. The van der Waals surface area contributed by atoms with Crippen molar-refractivity contribution in [2.75, 3.05) is 7.11 Å². The molecule has 1 N–H and O–H groups in total. The van der Waals surface area contributed by atoms with Crippen molar-refractivity contribution in [1.29, 1.82) is 0 Å². The van der Waals surface area contributed by atoms with Gasteiger partial charge >= 0.3 is 12.0 Å². The lowest BCUT2D eigenvalue weighted by Crippen LogP contribution is -2.26. The van der Waals surface area contributed by atoms with Crippen molar-refractivity contribution in [2.24, 2.45) is 0 Å². The molecule has 28 heavy (non-hydrogen) atoms. The topological polar surface area (TPSA) is 86.5 Å². The van der Waals surface area contributed by atoms with Crippen LogP contribution in [0, 0.1) is 0 Å². The van der Waals surface area contributed by atoms with Crippen molar-refractivity contribution in [3.63, 3.8) is 0 Å². The predicted molar refractivity (Wildman–Crippen MR) is 106 cm³/mol. The normalized spacial score (nSPS) is 12.8. The zero-order valence-electron chi connectivity index (χ0n) is 16.8. The number of aliphatic hydroxyl groups is 1. The van der Waals surface area contributed by atoms with Crippen LogP contribution in [0.1, 0.15) is 39.4 Å². The van der Waals surface area contributed by atoms with Crippen molar-refractivity contribution in [3.05, 3.63) is 42.4 Å². The first-order valence-corrected chi connectivity index (χ1v) is 9.07. The summed E-state index contributed by atoms with van der Waals surface area (Å²) in [7, 11) is 1.52. The number of esters is 1. The van der Waals surface area contributed by atoms with Crippen LogP contribution < -0.4 is 4.74 Å². The third kappa shape index (κ3) is 4.31. The zero-order chi connectivity index (χ0) is 20.5. The Balaban J connectivity index is 2.00. The van der Waals surface area contributed by atoms with Gasteiger partial charge in [-0.3, -0.25) is 4.79 Å². The largest absolute Gasteiger partial charge is 0.467 e. The monoisotopic (exact) mass is 383 g/mol. The highest BCUT2D eigenvalue weighted by Crippen LogP contribution is 2.31. The Morgan fingerprint density at radius 2 is 1.89 bits per heavy atom. The van der Waals surface area contributed by atoms with Crippen LogP contribution in [-0.2, 0) is 16.1 Å². The summed E-state index contributed by atoms with van der Waals surface area (Å²) < 4.78 is 12.2. The minimum absolute atomic E-state index is 0.0749. The van der Waals surface area contributed by atoms with Gasteiger partial charge in [-0.25, -0.2) is 9.97 Å². The second-order valence-corrected chi connectivity index (χ2v) is 7.67. The van der Waals surface area contributed by atoms with Crippen molar-refractivity contribution in [2.45, 2.75) is 45.9 Å². The number of hydrogen-bond donors (Lipinski definition) is 1. The minimum atomic E-state index is -0.676. The maximum absolute atomic E-state index is 12.3. The molecule has 7 nitrogen and oxygen atoms in total. The molecular formula is C21H25N3O4. The molecule has 2 aromatic heterocycles. The van der Waals surface area contributed by atoms with Gasteiger partial charge in [0.15, 0.2) is 0 Å². The summed E-state index contributed by atoms with van der Waals surface area (Å²) in [4.78, 5) is 20.5. The van der Waals surface area contributed by atoms with E-state index in [1.807, 2.05) is 39.0 Å². The van der Waals surface area contributed by atoms with Gasteiger partial charge in [0, 0.05) is 40.6 Å². The summed E-state index contributed by atoms with van der Waals surface area (Å²) in [5.41, 5.74) is 2.79. The maximum atomic E-state index is 12.3. The van der Waals surface area contributed by atoms with Gasteiger partial charge in [0.2, 0.25) is 0 Å². The summed E-state index contributed by atoms with van der Waals surface area (Å²) in [5, 5.41) is 11.1. The molecule has 0 aliphatic rings. The highest BCUT2D eigenvalue weighted by atomic mass is 16.6. The summed E-state index contributed by atoms with van der Waals surface area (Å²) >= 11 is 0. The Labute approximate surface area is 163 Å². The van der Waals surface area contributed by atoms with Crippen molar-refractivity contribution < 1.29 is 19.4 Å². The zero-order valence-corrected chi connectivity index (χ0v) is 16.8. The van der Waals surface area contributed by atoms with Crippen LogP contribution >= 0.6 is 0 Å². The molecule has 1 unspecified atom stereocenters. The molecule has 0 saturated heterocycles. The first kappa shape index (κ1) is 19.8. The van der Waals surface area contributed by atoms with E-state index in [-0.39, 0.29) is 12.5 Å². The molecule has 0 bridgehead atoms. The first-order chi connectivity index (χ1) is 13.2. The molecule has 1 atom stereocenters. The molecule has 0 saturated carbocycles. The summed E-state index contributed by atoms with van der Waals surface area (Å²) in [5.74, 6) is -0.325. The Hall–Kier alpha value is -2.93. The second kappa shape index (κ2) is 7.59. The summed E-state index contributed by atoms with van der Waals surface area (Å²) in [6.07, 6.45) is 4.50. The van der Waals surface area contributed by atoms with E-state index in [9.17, 15) is 9.90 Å². The molecule has 0 fully saturated rings. The SMILES string of the molecule is COc1ncc(-c2ccc3c(c2)c(C(C)O)cn3CC(=O)OC(C)(C)C)cn1. The number of methoxy groups -OCH3 is 1. The van der Waals surface area contributed by atoms with E-state index < -0.39 is 11.7 Å². The Morgan fingerprint density at radius 1 is 1.21 bits per heavy atom. The third-order valence-corrected chi connectivity index (χ3v) is 4.23. The fraction of sp³-hybridized carbons (Fsp3) is 0.381. The van der Waals surface area contributed by atoms with Crippen LogP contribution in [0.3, 0.4) is 0 Å². The van der Waals surface area contributed by atoms with Gasteiger partial charge in [-0.2, -0.15) is 0 Å². The van der Waals surface area contributed by atoms with E-state index in [4.69, 9.17) is 9.47 Å². The molecule has 2 heterocycles. The minimum Gasteiger partial charge on any atom is -0.467 e.